The molecule has 1 saturated heterocycles. The van der Waals surface area contributed by atoms with E-state index in [1.807, 2.05) is 6.07 Å². The van der Waals surface area contributed by atoms with Gasteiger partial charge < -0.3 is 10.6 Å². The lowest BCUT2D eigenvalue weighted by molar-refractivity contribution is 0.202. The van der Waals surface area contributed by atoms with Crippen LogP contribution in [0.5, 0.6) is 0 Å². The van der Waals surface area contributed by atoms with Crippen LogP contribution in [0.2, 0.25) is 0 Å². The van der Waals surface area contributed by atoms with Gasteiger partial charge in [0.15, 0.2) is 0 Å². The zero-order chi connectivity index (χ0) is 12.5. The Morgan fingerprint density at radius 3 is 2.67 bits per heavy atom. The van der Waals surface area contributed by atoms with Gasteiger partial charge in [-0.05, 0) is 55.4 Å². The maximum absolute atomic E-state index is 5.84. The third-order valence-electron chi connectivity index (χ3n) is 4.85. The van der Waals surface area contributed by atoms with E-state index in [2.05, 4.69) is 24.0 Å². The highest BCUT2D eigenvalue weighted by Crippen LogP contribution is 2.38. The summed E-state index contributed by atoms with van der Waals surface area (Å²) in [5.74, 6) is 1.94. The SMILES string of the molecule is Cc1cc(N)ccc1N1CCC2CCCCC2C1. The molecule has 2 unspecified atom stereocenters. The molecule has 1 aromatic carbocycles. The smallest absolute Gasteiger partial charge is 0.0397 e. The van der Waals surface area contributed by atoms with Gasteiger partial charge in [0.25, 0.3) is 0 Å². The molecule has 18 heavy (non-hydrogen) atoms. The number of hydrogen-bond acceptors (Lipinski definition) is 2. The minimum Gasteiger partial charge on any atom is -0.399 e. The Kier molecular flexibility index (Phi) is 3.19. The lowest BCUT2D eigenvalue weighted by Gasteiger charge is -2.42. The van der Waals surface area contributed by atoms with Crippen molar-refractivity contribution in [3.05, 3.63) is 23.8 Å². The van der Waals surface area contributed by atoms with Crippen LogP contribution in [0.15, 0.2) is 18.2 Å². The zero-order valence-corrected chi connectivity index (χ0v) is 11.4. The Morgan fingerprint density at radius 2 is 1.89 bits per heavy atom. The standard InChI is InChI=1S/C16H24N2/c1-12-10-15(17)6-7-16(12)18-9-8-13-4-2-3-5-14(13)11-18/h6-7,10,13-14H,2-5,8-9,11,17H2,1H3. The molecule has 2 heteroatoms. The minimum atomic E-state index is 0.879. The second-order valence-electron chi connectivity index (χ2n) is 6.09. The number of nitrogen functional groups attached to an aromatic ring is 1. The van der Waals surface area contributed by atoms with Gasteiger partial charge in [0.1, 0.15) is 0 Å². The minimum absolute atomic E-state index is 0.879. The fraction of sp³-hybridized carbons (Fsp3) is 0.625. The second kappa shape index (κ2) is 4.83. The van der Waals surface area contributed by atoms with E-state index in [-0.39, 0.29) is 0 Å². The predicted octanol–water partition coefficient (Wildman–Crippen LogP) is 3.59. The lowest BCUT2D eigenvalue weighted by atomic mass is 9.75. The van der Waals surface area contributed by atoms with E-state index < -0.39 is 0 Å². The molecular weight excluding hydrogens is 220 g/mol. The Bertz CT molecular complexity index is 427. The molecule has 0 amide bonds. The van der Waals surface area contributed by atoms with E-state index in [1.165, 1.54) is 56.4 Å². The molecule has 0 bridgehead atoms. The van der Waals surface area contributed by atoms with Crippen molar-refractivity contribution in [3.63, 3.8) is 0 Å². The maximum Gasteiger partial charge on any atom is 0.0397 e. The Hall–Kier alpha value is -1.18. The van der Waals surface area contributed by atoms with E-state index in [0.717, 1.165) is 17.5 Å². The molecule has 0 aromatic heterocycles. The van der Waals surface area contributed by atoms with Crippen molar-refractivity contribution < 1.29 is 0 Å². The largest absolute Gasteiger partial charge is 0.399 e. The van der Waals surface area contributed by atoms with Crippen LogP contribution in [0.1, 0.15) is 37.7 Å². The van der Waals surface area contributed by atoms with E-state index >= 15 is 0 Å². The number of fused-ring (bicyclic) bond motifs is 1. The van der Waals surface area contributed by atoms with Gasteiger partial charge in [-0.25, -0.2) is 0 Å². The summed E-state index contributed by atoms with van der Waals surface area (Å²) in [7, 11) is 0. The topological polar surface area (TPSA) is 29.3 Å². The van der Waals surface area contributed by atoms with Gasteiger partial charge >= 0.3 is 0 Å². The number of benzene rings is 1. The van der Waals surface area contributed by atoms with Gasteiger partial charge in [-0.15, -0.1) is 0 Å². The summed E-state index contributed by atoms with van der Waals surface area (Å²) in [6, 6.07) is 6.34. The third-order valence-corrected chi connectivity index (χ3v) is 4.85. The lowest BCUT2D eigenvalue weighted by Crippen LogP contribution is -2.42. The van der Waals surface area contributed by atoms with Crippen molar-refractivity contribution in [1.82, 2.24) is 0 Å². The van der Waals surface area contributed by atoms with Crippen molar-refractivity contribution in [2.75, 3.05) is 23.7 Å². The van der Waals surface area contributed by atoms with Gasteiger partial charge in [-0.3, -0.25) is 0 Å². The maximum atomic E-state index is 5.84. The van der Waals surface area contributed by atoms with E-state index in [4.69, 9.17) is 5.73 Å². The second-order valence-corrected chi connectivity index (χ2v) is 6.09. The summed E-state index contributed by atoms with van der Waals surface area (Å²) in [5.41, 5.74) is 9.44. The first-order chi connectivity index (χ1) is 8.74. The van der Waals surface area contributed by atoms with Crippen LogP contribution in [-0.2, 0) is 0 Å². The molecule has 0 radical (unpaired) electrons. The number of rotatable bonds is 1. The quantitative estimate of drug-likeness (QED) is 0.765. The first-order valence-electron chi connectivity index (χ1n) is 7.35. The fourth-order valence-electron chi connectivity index (χ4n) is 3.85. The number of anilines is 2. The third kappa shape index (κ3) is 2.21. The Morgan fingerprint density at radius 1 is 1.11 bits per heavy atom. The average molecular weight is 244 g/mol. The van der Waals surface area contributed by atoms with E-state index in [9.17, 15) is 0 Å². The summed E-state index contributed by atoms with van der Waals surface area (Å²) < 4.78 is 0. The van der Waals surface area contributed by atoms with Crippen molar-refractivity contribution >= 4 is 11.4 Å². The van der Waals surface area contributed by atoms with E-state index in [0.29, 0.717) is 0 Å². The average Bonchev–Trinajstić information content (AvgIpc) is 2.38. The molecule has 2 N–H and O–H groups in total. The summed E-state index contributed by atoms with van der Waals surface area (Å²) in [6.45, 7) is 4.67. The monoisotopic (exact) mass is 244 g/mol. The predicted molar refractivity (Wildman–Crippen MR) is 77.9 cm³/mol. The van der Waals surface area contributed by atoms with Crippen molar-refractivity contribution in [2.24, 2.45) is 11.8 Å². The summed E-state index contributed by atoms with van der Waals surface area (Å²) >= 11 is 0. The molecule has 1 aliphatic heterocycles. The Labute approximate surface area is 110 Å². The van der Waals surface area contributed by atoms with Gasteiger partial charge in [0.2, 0.25) is 0 Å². The summed E-state index contributed by atoms with van der Waals surface area (Å²) in [5, 5.41) is 0. The number of aryl methyl sites for hydroxylation is 1. The van der Waals surface area contributed by atoms with Gasteiger partial charge in [0.05, 0.1) is 0 Å². The first kappa shape index (κ1) is 11.9. The van der Waals surface area contributed by atoms with Crippen LogP contribution in [0, 0.1) is 18.8 Å². The van der Waals surface area contributed by atoms with E-state index in [1.54, 1.807) is 0 Å². The number of piperidine rings is 1. The highest BCUT2D eigenvalue weighted by Gasteiger charge is 2.31. The summed E-state index contributed by atoms with van der Waals surface area (Å²) in [4.78, 5) is 2.58. The zero-order valence-electron chi connectivity index (χ0n) is 11.4. The van der Waals surface area contributed by atoms with Gasteiger partial charge in [-0.1, -0.05) is 19.3 Å². The van der Waals surface area contributed by atoms with Crippen molar-refractivity contribution in [3.8, 4) is 0 Å². The van der Waals surface area contributed by atoms with Crippen LogP contribution in [-0.4, -0.2) is 13.1 Å². The highest BCUT2D eigenvalue weighted by molar-refractivity contribution is 5.59. The normalized spacial score (nSPS) is 27.9. The van der Waals surface area contributed by atoms with Crippen molar-refractivity contribution in [2.45, 2.75) is 39.0 Å². The molecule has 2 nitrogen and oxygen atoms in total. The van der Waals surface area contributed by atoms with Crippen LogP contribution in [0.3, 0.4) is 0 Å². The molecule has 1 aliphatic carbocycles. The fourth-order valence-corrected chi connectivity index (χ4v) is 3.85. The van der Waals surface area contributed by atoms with Crippen LogP contribution < -0.4 is 10.6 Å². The summed E-state index contributed by atoms with van der Waals surface area (Å²) in [6.07, 6.45) is 7.20. The van der Waals surface area contributed by atoms with Crippen molar-refractivity contribution in [1.29, 1.82) is 0 Å². The highest BCUT2D eigenvalue weighted by atomic mass is 15.1. The molecule has 2 atom stereocenters. The molecule has 1 saturated carbocycles. The molecule has 1 aromatic rings. The number of nitrogens with two attached hydrogens (primary N) is 1. The number of nitrogens with zero attached hydrogens (tertiary/aromatic N) is 1. The van der Waals surface area contributed by atoms with Crippen LogP contribution in [0.25, 0.3) is 0 Å². The van der Waals surface area contributed by atoms with Crippen LogP contribution >= 0.6 is 0 Å². The van der Waals surface area contributed by atoms with Gasteiger partial charge in [0, 0.05) is 24.5 Å². The molecule has 1 heterocycles. The van der Waals surface area contributed by atoms with Gasteiger partial charge in [-0.2, -0.15) is 0 Å². The molecule has 0 spiro atoms. The molecular formula is C16H24N2. The molecule has 2 fully saturated rings. The van der Waals surface area contributed by atoms with Crippen LogP contribution in [0.4, 0.5) is 11.4 Å². The first-order valence-corrected chi connectivity index (χ1v) is 7.35. The molecule has 2 aliphatic rings. The Balaban J connectivity index is 1.77. The number of hydrogen-bond donors (Lipinski definition) is 1. The molecule has 98 valence electrons. The molecule has 3 rings (SSSR count).